The van der Waals surface area contributed by atoms with Gasteiger partial charge in [0.2, 0.25) is 10.0 Å². The molecule has 0 aliphatic heterocycles. The van der Waals surface area contributed by atoms with Crippen LogP contribution in [0, 0.1) is 30.6 Å². The molecule has 1 aromatic rings. The lowest BCUT2D eigenvalue weighted by molar-refractivity contribution is -0.128. The van der Waals surface area contributed by atoms with Crippen LogP contribution in [0.4, 0.5) is 5.69 Å². The van der Waals surface area contributed by atoms with Crippen LogP contribution >= 0.6 is 0 Å². The van der Waals surface area contributed by atoms with Gasteiger partial charge in [-0.25, -0.2) is 8.42 Å². The monoisotopic (exact) mass is 335 g/mol. The molecule has 2 saturated carbocycles. The third kappa shape index (κ3) is 2.49. The van der Waals surface area contributed by atoms with Gasteiger partial charge in [0.25, 0.3) is 0 Å². The highest BCUT2D eigenvalue weighted by molar-refractivity contribution is 7.92. The van der Waals surface area contributed by atoms with Crippen LogP contribution in [0.15, 0.2) is 18.2 Å². The molecule has 0 radical (unpaired) electrons. The van der Waals surface area contributed by atoms with Crippen molar-refractivity contribution in [3.8, 4) is 0 Å². The number of ketones is 1. The molecular formula is C18H25NO3S. The summed E-state index contributed by atoms with van der Waals surface area (Å²) in [5.74, 6) is 0.353. The number of hydrogen-bond donors (Lipinski definition) is 1. The van der Waals surface area contributed by atoms with Gasteiger partial charge in [0, 0.05) is 6.42 Å². The van der Waals surface area contributed by atoms with Crippen LogP contribution in [-0.4, -0.2) is 20.0 Å². The molecule has 0 amide bonds. The number of benzene rings is 1. The van der Waals surface area contributed by atoms with Crippen LogP contribution in [-0.2, 0) is 14.8 Å². The van der Waals surface area contributed by atoms with E-state index in [9.17, 15) is 13.2 Å². The summed E-state index contributed by atoms with van der Waals surface area (Å²) in [6.07, 6.45) is 2.18. The summed E-state index contributed by atoms with van der Waals surface area (Å²) in [4.78, 5) is 12.5. The van der Waals surface area contributed by atoms with Crippen LogP contribution in [0.2, 0.25) is 0 Å². The number of sulfonamides is 1. The van der Waals surface area contributed by atoms with Gasteiger partial charge in [-0.1, -0.05) is 31.5 Å². The molecule has 0 unspecified atom stereocenters. The van der Waals surface area contributed by atoms with E-state index in [0.717, 1.165) is 17.5 Å². The van der Waals surface area contributed by atoms with Gasteiger partial charge in [-0.3, -0.25) is 9.52 Å². The largest absolute Gasteiger partial charge is 0.299 e. The summed E-state index contributed by atoms with van der Waals surface area (Å²) in [7, 11) is -3.57. The predicted molar refractivity (Wildman–Crippen MR) is 91.9 cm³/mol. The van der Waals surface area contributed by atoms with Gasteiger partial charge in [-0.05, 0) is 49.7 Å². The average Bonchev–Trinajstić information content (AvgIpc) is 2.75. The summed E-state index contributed by atoms with van der Waals surface area (Å²) >= 11 is 0. The van der Waals surface area contributed by atoms with Crippen molar-refractivity contribution in [1.82, 2.24) is 0 Å². The number of Topliss-reactive ketones (excluding diaryl/α,β-unsaturated/α-hetero) is 1. The van der Waals surface area contributed by atoms with E-state index in [-0.39, 0.29) is 17.0 Å². The van der Waals surface area contributed by atoms with E-state index in [1.165, 1.54) is 0 Å². The number of aryl methyl sites for hydroxylation is 2. The van der Waals surface area contributed by atoms with Crippen molar-refractivity contribution in [2.45, 2.75) is 47.0 Å². The Morgan fingerprint density at radius 3 is 2.48 bits per heavy atom. The Morgan fingerprint density at radius 1 is 1.26 bits per heavy atom. The molecule has 2 bridgehead atoms. The van der Waals surface area contributed by atoms with Gasteiger partial charge in [0.1, 0.15) is 5.78 Å². The molecule has 0 aromatic heterocycles. The van der Waals surface area contributed by atoms with Gasteiger partial charge in [0.15, 0.2) is 0 Å². The Balaban J connectivity index is 1.88. The van der Waals surface area contributed by atoms with Crippen molar-refractivity contribution in [1.29, 1.82) is 0 Å². The molecule has 23 heavy (non-hydrogen) atoms. The zero-order valence-electron chi connectivity index (χ0n) is 14.3. The highest BCUT2D eigenvalue weighted by atomic mass is 32.2. The molecular weight excluding hydrogens is 310 g/mol. The van der Waals surface area contributed by atoms with E-state index in [2.05, 4.69) is 18.6 Å². The van der Waals surface area contributed by atoms with E-state index in [4.69, 9.17) is 0 Å². The lowest BCUT2D eigenvalue weighted by atomic mass is 9.70. The van der Waals surface area contributed by atoms with Crippen molar-refractivity contribution in [2.75, 3.05) is 10.5 Å². The summed E-state index contributed by atoms with van der Waals surface area (Å²) in [6, 6.07) is 5.63. The molecule has 0 saturated heterocycles. The number of rotatable bonds is 4. The van der Waals surface area contributed by atoms with E-state index in [1.807, 2.05) is 26.0 Å². The first-order valence-corrected chi connectivity index (χ1v) is 9.84. The second kappa shape index (κ2) is 5.07. The van der Waals surface area contributed by atoms with E-state index < -0.39 is 15.4 Å². The standard InChI is InChI=1S/C18H25NO3S/c1-12-5-6-15(13(2)9-12)19-23(21,22)11-18-8-7-14(10-16(18)20)17(18,3)4/h5-6,9,14,19H,7-8,10-11H2,1-4H3/t14-,18+/m1/s1. The number of fused-ring (bicyclic) bond motifs is 2. The molecule has 2 atom stereocenters. The van der Waals surface area contributed by atoms with Gasteiger partial charge >= 0.3 is 0 Å². The summed E-state index contributed by atoms with van der Waals surface area (Å²) < 4.78 is 28.2. The zero-order valence-corrected chi connectivity index (χ0v) is 15.1. The smallest absolute Gasteiger partial charge is 0.233 e. The van der Waals surface area contributed by atoms with Crippen LogP contribution in [0.5, 0.6) is 0 Å². The van der Waals surface area contributed by atoms with E-state index in [0.29, 0.717) is 24.4 Å². The Hall–Kier alpha value is -1.36. The SMILES string of the molecule is Cc1ccc(NS(=O)(=O)C[C@@]23CC[C@H](CC2=O)C3(C)C)c(C)c1. The minimum absolute atomic E-state index is 0.102. The van der Waals surface area contributed by atoms with Gasteiger partial charge in [-0.15, -0.1) is 0 Å². The first-order valence-electron chi connectivity index (χ1n) is 8.18. The minimum Gasteiger partial charge on any atom is -0.299 e. The van der Waals surface area contributed by atoms with Gasteiger partial charge in [0.05, 0.1) is 16.9 Å². The average molecular weight is 335 g/mol. The number of nitrogens with one attached hydrogen (secondary N) is 1. The molecule has 0 spiro atoms. The maximum Gasteiger partial charge on any atom is 0.233 e. The molecule has 2 aliphatic carbocycles. The lowest BCUT2D eigenvalue weighted by Crippen LogP contribution is -2.43. The highest BCUT2D eigenvalue weighted by Crippen LogP contribution is 2.64. The van der Waals surface area contributed by atoms with Crippen molar-refractivity contribution in [2.24, 2.45) is 16.7 Å². The number of carbonyl (C=O) groups is 1. The highest BCUT2D eigenvalue weighted by Gasteiger charge is 2.65. The van der Waals surface area contributed by atoms with Crippen LogP contribution in [0.25, 0.3) is 0 Å². The Morgan fingerprint density at radius 2 is 1.96 bits per heavy atom. The maximum absolute atomic E-state index is 12.7. The van der Waals surface area contributed by atoms with Crippen LogP contribution in [0.3, 0.4) is 0 Å². The lowest BCUT2D eigenvalue weighted by Gasteiger charge is -2.36. The molecule has 1 aromatic carbocycles. The Kier molecular flexibility index (Phi) is 3.63. The van der Waals surface area contributed by atoms with Gasteiger partial charge < -0.3 is 0 Å². The second-order valence-electron chi connectivity index (χ2n) is 7.85. The third-order valence-electron chi connectivity index (χ3n) is 6.22. The van der Waals surface area contributed by atoms with E-state index >= 15 is 0 Å². The maximum atomic E-state index is 12.7. The fourth-order valence-electron chi connectivity index (χ4n) is 4.56. The number of carbonyl (C=O) groups excluding carboxylic acids is 1. The number of anilines is 1. The summed E-state index contributed by atoms with van der Waals surface area (Å²) in [5, 5.41) is 0. The first-order chi connectivity index (χ1) is 10.6. The van der Waals surface area contributed by atoms with E-state index in [1.54, 1.807) is 6.07 Å². The fraction of sp³-hybridized carbons (Fsp3) is 0.611. The zero-order chi connectivity index (χ0) is 17.0. The third-order valence-corrected chi connectivity index (χ3v) is 7.63. The minimum atomic E-state index is -3.57. The first kappa shape index (κ1) is 16.5. The molecule has 2 aliphatic rings. The molecule has 126 valence electrons. The quantitative estimate of drug-likeness (QED) is 0.917. The normalized spacial score (nSPS) is 29.0. The van der Waals surface area contributed by atoms with Crippen LogP contribution in [0.1, 0.15) is 44.2 Å². The molecule has 4 nitrogen and oxygen atoms in total. The molecule has 5 heteroatoms. The predicted octanol–water partition coefficient (Wildman–Crippen LogP) is 3.44. The van der Waals surface area contributed by atoms with Crippen molar-refractivity contribution in [3.63, 3.8) is 0 Å². The molecule has 3 rings (SSSR count). The Labute approximate surface area is 138 Å². The number of hydrogen-bond acceptors (Lipinski definition) is 3. The second-order valence-corrected chi connectivity index (χ2v) is 9.57. The summed E-state index contributed by atoms with van der Waals surface area (Å²) in [5.41, 5.74) is 1.63. The topological polar surface area (TPSA) is 63.2 Å². The molecule has 1 N–H and O–H groups in total. The van der Waals surface area contributed by atoms with Crippen molar-refractivity contribution < 1.29 is 13.2 Å². The molecule has 0 heterocycles. The molecule has 2 fully saturated rings. The van der Waals surface area contributed by atoms with Crippen molar-refractivity contribution in [3.05, 3.63) is 29.3 Å². The summed E-state index contributed by atoms with van der Waals surface area (Å²) in [6.45, 7) is 7.98. The Bertz CT molecular complexity index is 766. The fourth-order valence-corrected chi connectivity index (χ4v) is 6.53. The van der Waals surface area contributed by atoms with Crippen LogP contribution < -0.4 is 4.72 Å². The van der Waals surface area contributed by atoms with Crippen molar-refractivity contribution >= 4 is 21.5 Å². The van der Waals surface area contributed by atoms with Gasteiger partial charge in [-0.2, -0.15) is 0 Å².